The number of halogens is 3. The fourth-order valence-electron chi connectivity index (χ4n) is 2.65. The molecule has 27 heavy (non-hydrogen) atoms. The Morgan fingerprint density at radius 1 is 1.41 bits per heavy atom. The number of hydrogen-bond donors (Lipinski definition) is 1. The van der Waals surface area contributed by atoms with Crippen LogP contribution >= 0.6 is 11.3 Å². The number of aromatic nitrogens is 3. The van der Waals surface area contributed by atoms with Crippen molar-refractivity contribution in [3.63, 3.8) is 0 Å². The molecule has 11 heteroatoms. The van der Waals surface area contributed by atoms with Gasteiger partial charge < -0.3 is 9.84 Å². The molecular formula is C16H21F3N4O3S. The summed E-state index contributed by atoms with van der Waals surface area (Å²) in [6.07, 6.45) is -1.32. The lowest BCUT2D eigenvalue weighted by Crippen LogP contribution is -2.30. The number of rotatable bonds is 5. The van der Waals surface area contributed by atoms with Crippen LogP contribution in [0.2, 0.25) is 0 Å². The van der Waals surface area contributed by atoms with Crippen LogP contribution in [0, 0.1) is 5.92 Å². The Hall–Kier alpha value is -1.98. The highest BCUT2D eigenvalue weighted by Crippen LogP contribution is 2.19. The molecular weight excluding hydrogens is 385 g/mol. The Morgan fingerprint density at radius 3 is 2.74 bits per heavy atom. The Balaban J connectivity index is 0.000000321. The minimum Gasteiger partial charge on any atom is -0.475 e. The van der Waals surface area contributed by atoms with Gasteiger partial charge in [-0.1, -0.05) is 0 Å². The lowest BCUT2D eigenvalue weighted by molar-refractivity contribution is -0.192. The van der Waals surface area contributed by atoms with Crippen LogP contribution in [-0.2, 0) is 29.2 Å². The molecule has 0 aliphatic carbocycles. The normalized spacial score (nSPS) is 17.6. The summed E-state index contributed by atoms with van der Waals surface area (Å²) in [7, 11) is 0. The highest BCUT2D eigenvalue weighted by molar-refractivity contribution is 7.09. The minimum absolute atomic E-state index is 0.482. The average molecular weight is 406 g/mol. The molecule has 0 radical (unpaired) electrons. The molecule has 0 saturated carbocycles. The van der Waals surface area contributed by atoms with E-state index < -0.39 is 12.1 Å². The van der Waals surface area contributed by atoms with E-state index in [9.17, 15) is 13.2 Å². The molecule has 0 fully saturated rings. The van der Waals surface area contributed by atoms with E-state index in [0.29, 0.717) is 5.92 Å². The third-order valence-electron chi connectivity index (χ3n) is 3.78. The van der Waals surface area contributed by atoms with Crippen molar-refractivity contribution in [1.82, 2.24) is 19.7 Å². The van der Waals surface area contributed by atoms with Crippen molar-refractivity contribution in [2.75, 3.05) is 19.8 Å². The zero-order valence-corrected chi connectivity index (χ0v) is 15.5. The van der Waals surface area contributed by atoms with Gasteiger partial charge in [-0.05, 0) is 13.0 Å². The van der Waals surface area contributed by atoms with Gasteiger partial charge in [-0.15, -0.1) is 11.3 Å². The van der Waals surface area contributed by atoms with Crippen molar-refractivity contribution in [1.29, 1.82) is 0 Å². The first-order valence-electron chi connectivity index (χ1n) is 8.28. The van der Waals surface area contributed by atoms with Crippen LogP contribution in [0.4, 0.5) is 13.2 Å². The zero-order valence-electron chi connectivity index (χ0n) is 14.7. The van der Waals surface area contributed by atoms with Gasteiger partial charge in [-0.25, -0.2) is 9.78 Å². The fraction of sp³-hybridized carbons (Fsp3) is 0.562. The maximum absolute atomic E-state index is 10.6. The molecule has 3 heterocycles. The summed E-state index contributed by atoms with van der Waals surface area (Å²) in [5.74, 6) is -2.27. The van der Waals surface area contributed by atoms with Crippen molar-refractivity contribution < 1.29 is 27.8 Å². The largest absolute Gasteiger partial charge is 0.490 e. The first-order chi connectivity index (χ1) is 12.8. The first kappa shape index (κ1) is 21.3. The predicted octanol–water partition coefficient (Wildman–Crippen LogP) is 2.64. The number of thiazole rings is 1. The molecule has 3 rings (SSSR count). The Morgan fingerprint density at radius 2 is 2.15 bits per heavy atom. The third-order valence-corrected chi connectivity index (χ3v) is 4.54. The lowest BCUT2D eigenvalue weighted by Gasteiger charge is -2.22. The summed E-state index contributed by atoms with van der Waals surface area (Å²) in [6, 6.07) is 2.11. The van der Waals surface area contributed by atoms with Gasteiger partial charge in [0.05, 0.1) is 18.8 Å². The molecule has 1 N–H and O–H groups in total. The fourth-order valence-corrected chi connectivity index (χ4v) is 3.31. The summed E-state index contributed by atoms with van der Waals surface area (Å²) >= 11 is 1.72. The number of carboxylic acids is 1. The number of nitrogens with zero attached hydrogens (tertiary/aromatic N) is 4. The Labute approximate surface area is 158 Å². The van der Waals surface area contributed by atoms with Crippen molar-refractivity contribution in [2.45, 2.75) is 32.7 Å². The van der Waals surface area contributed by atoms with E-state index >= 15 is 0 Å². The molecule has 2 aromatic rings. The molecule has 150 valence electrons. The summed E-state index contributed by atoms with van der Waals surface area (Å²) in [5, 5.41) is 14.8. The number of hydrogen-bond acceptors (Lipinski definition) is 6. The molecule has 7 nitrogen and oxygen atoms in total. The summed E-state index contributed by atoms with van der Waals surface area (Å²) in [5.41, 5.74) is 1.28. The molecule has 1 aliphatic heterocycles. The molecule has 0 amide bonds. The average Bonchev–Trinajstić information content (AvgIpc) is 3.22. The van der Waals surface area contributed by atoms with E-state index in [4.69, 9.17) is 14.6 Å². The van der Waals surface area contributed by atoms with Gasteiger partial charge >= 0.3 is 12.1 Å². The molecule has 1 aliphatic rings. The van der Waals surface area contributed by atoms with Crippen molar-refractivity contribution in [2.24, 2.45) is 5.92 Å². The van der Waals surface area contributed by atoms with E-state index in [1.54, 1.807) is 11.3 Å². The molecule has 0 aromatic carbocycles. The maximum Gasteiger partial charge on any atom is 0.490 e. The van der Waals surface area contributed by atoms with E-state index in [0.717, 1.165) is 39.4 Å². The monoisotopic (exact) mass is 406 g/mol. The van der Waals surface area contributed by atoms with Crippen LogP contribution in [0.3, 0.4) is 0 Å². The number of aliphatic carboxylic acids is 1. The highest BCUT2D eigenvalue weighted by atomic mass is 32.1. The van der Waals surface area contributed by atoms with Gasteiger partial charge in [-0.2, -0.15) is 18.3 Å². The third kappa shape index (κ3) is 6.92. The summed E-state index contributed by atoms with van der Waals surface area (Å²) < 4.78 is 39.5. The van der Waals surface area contributed by atoms with E-state index in [2.05, 4.69) is 25.7 Å². The Kier molecular flexibility index (Phi) is 7.75. The summed E-state index contributed by atoms with van der Waals surface area (Å²) in [4.78, 5) is 15.7. The van der Waals surface area contributed by atoms with Crippen LogP contribution < -0.4 is 0 Å². The molecule has 0 bridgehead atoms. The first-order valence-corrected chi connectivity index (χ1v) is 9.16. The second-order valence-corrected chi connectivity index (χ2v) is 6.91. The molecule has 0 saturated heterocycles. The number of carbonyl (C=O) groups is 1. The van der Waals surface area contributed by atoms with Crippen molar-refractivity contribution in [3.8, 4) is 0 Å². The van der Waals surface area contributed by atoms with Gasteiger partial charge in [0.25, 0.3) is 0 Å². The van der Waals surface area contributed by atoms with Crippen molar-refractivity contribution >= 4 is 17.3 Å². The van der Waals surface area contributed by atoms with E-state index in [1.165, 1.54) is 10.7 Å². The zero-order chi connectivity index (χ0) is 19.9. The van der Waals surface area contributed by atoms with Gasteiger partial charge in [0.15, 0.2) is 0 Å². The number of fused-ring (bicyclic) bond motifs is 1. The quantitative estimate of drug-likeness (QED) is 0.822. The minimum atomic E-state index is -5.08. The Bertz CT molecular complexity index is 706. The van der Waals surface area contributed by atoms with Crippen LogP contribution in [0.1, 0.15) is 17.6 Å². The molecule has 1 unspecified atom stereocenters. The van der Waals surface area contributed by atoms with Crippen LogP contribution in [0.15, 0.2) is 23.8 Å². The van der Waals surface area contributed by atoms with Crippen LogP contribution in [0.25, 0.3) is 0 Å². The van der Waals surface area contributed by atoms with Crippen LogP contribution in [0.5, 0.6) is 0 Å². The van der Waals surface area contributed by atoms with Crippen LogP contribution in [-0.4, -0.2) is 56.7 Å². The van der Waals surface area contributed by atoms with Gasteiger partial charge in [0.1, 0.15) is 5.01 Å². The molecule has 0 spiro atoms. The maximum atomic E-state index is 10.6. The number of ether oxygens (including phenoxy) is 1. The van der Waals surface area contributed by atoms with Crippen molar-refractivity contribution in [3.05, 3.63) is 34.5 Å². The topological polar surface area (TPSA) is 80.5 Å². The standard InChI is InChI=1S/C14H20N4OS.C2HF3O2/c1-2-19-11-12-7-17(10-14-15-5-6-20-14)9-13-3-4-16-18(13)8-12;3-2(4,5)1(6)7/h3-6,12H,2,7-11H2,1H3;(H,6,7). The highest BCUT2D eigenvalue weighted by Gasteiger charge is 2.38. The second kappa shape index (κ2) is 9.81. The number of carboxylic acid groups (broad SMARTS) is 1. The van der Waals surface area contributed by atoms with Gasteiger partial charge in [-0.3, -0.25) is 9.58 Å². The SMILES string of the molecule is CCOCC1CN(Cc2nccs2)Cc2ccnn2C1.O=C(O)C(F)(F)F. The smallest absolute Gasteiger partial charge is 0.475 e. The van der Waals surface area contributed by atoms with E-state index in [1.807, 2.05) is 24.7 Å². The lowest BCUT2D eigenvalue weighted by atomic mass is 10.1. The summed E-state index contributed by atoms with van der Waals surface area (Å²) in [6.45, 7) is 7.43. The second-order valence-electron chi connectivity index (χ2n) is 5.93. The number of alkyl halides is 3. The van der Waals surface area contributed by atoms with Gasteiger partial charge in [0, 0.05) is 49.9 Å². The molecule has 1 atom stereocenters. The van der Waals surface area contributed by atoms with E-state index in [-0.39, 0.29) is 0 Å². The van der Waals surface area contributed by atoms with Gasteiger partial charge in [0.2, 0.25) is 0 Å². The molecule has 2 aromatic heterocycles. The predicted molar refractivity (Wildman–Crippen MR) is 92.1 cm³/mol.